The number of benzene rings is 1. The van der Waals surface area contributed by atoms with Crippen LogP contribution < -0.4 is 0 Å². The largest absolute Gasteiger partial charge is 0.396 e. The topological polar surface area (TPSA) is 55.4 Å². The van der Waals surface area contributed by atoms with Gasteiger partial charge in [0, 0.05) is 51.1 Å². The maximum absolute atomic E-state index is 9.44. The first kappa shape index (κ1) is 17.1. The summed E-state index contributed by atoms with van der Waals surface area (Å²) in [5.41, 5.74) is 3.60. The summed E-state index contributed by atoms with van der Waals surface area (Å²) in [5, 5.41) is 16.8. The van der Waals surface area contributed by atoms with Gasteiger partial charge in [0.2, 0.25) is 0 Å². The summed E-state index contributed by atoms with van der Waals surface area (Å²) in [6.07, 6.45) is 1.91. The lowest BCUT2D eigenvalue weighted by molar-refractivity contribution is 0.0556. The predicted octanol–water partition coefficient (Wildman–Crippen LogP) is 1.83. The molecular formula is C19H28N4O. The van der Waals surface area contributed by atoms with Crippen molar-refractivity contribution in [3.8, 4) is 0 Å². The Morgan fingerprint density at radius 3 is 2.79 bits per heavy atom. The zero-order valence-electron chi connectivity index (χ0n) is 14.5. The van der Waals surface area contributed by atoms with Crippen molar-refractivity contribution in [2.75, 3.05) is 32.8 Å². The fourth-order valence-corrected chi connectivity index (χ4v) is 3.52. The minimum Gasteiger partial charge on any atom is -0.396 e. The van der Waals surface area contributed by atoms with Crippen LogP contribution in [-0.4, -0.2) is 63.9 Å². The van der Waals surface area contributed by atoms with Gasteiger partial charge in [-0.05, 0) is 31.4 Å². The molecular weight excluding hydrogens is 300 g/mol. The molecule has 1 atom stereocenters. The molecule has 3 rings (SSSR count). The smallest absolute Gasteiger partial charge is 0.0765 e. The van der Waals surface area contributed by atoms with Crippen LogP contribution in [0.25, 0.3) is 0 Å². The molecule has 1 fully saturated rings. The van der Waals surface area contributed by atoms with Crippen molar-refractivity contribution in [3.63, 3.8) is 0 Å². The lowest BCUT2D eigenvalue weighted by Gasteiger charge is -2.41. The van der Waals surface area contributed by atoms with Crippen molar-refractivity contribution >= 4 is 0 Å². The fraction of sp³-hybridized carbons (Fsp3) is 0.526. The Labute approximate surface area is 144 Å². The summed E-state index contributed by atoms with van der Waals surface area (Å²) in [7, 11) is 0. The average Bonchev–Trinajstić information content (AvgIpc) is 3.00. The quantitative estimate of drug-likeness (QED) is 0.814. The maximum atomic E-state index is 9.44. The van der Waals surface area contributed by atoms with E-state index in [1.807, 2.05) is 6.92 Å². The van der Waals surface area contributed by atoms with Crippen molar-refractivity contribution < 1.29 is 5.11 Å². The molecule has 1 unspecified atom stereocenters. The molecule has 1 aliphatic heterocycles. The number of nitrogens with zero attached hydrogens (tertiary/aromatic N) is 3. The molecule has 0 bridgehead atoms. The Hall–Kier alpha value is -1.69. The van der Waals surface area contributed by atoms with Crippen LogP contribution in [0.4, 0.5) is 0 Å². The van der Waals surface area contributed by atoms with E-state index in [0.717, 1.165) is 57.0 Å². The third-order valence-corrected chi connectivity index (χ3v) is 4.83. The monoisotopic (exact) mass is 328 g/mol. The van der Waals surface area contributed by atoms with Gasteiger partial charge in [-0.25, -0.2) is 0 Å². The van der Waals surface area contributed by atoms with Gasteiger partial charge in [0.15, 0.2) is 0 Å². The minimum absolute atomic E-state index is 0.252. The van der Waals surface area contributed by atoms with Crippen LogP contribution in [0, 0.1) is 6.92 Å². The molecule has 1 aliphatic rings. The molecule has 5 nitrogen and oxygen atoms in total. The molecule has 2 N–H and O–H groups in total. The number of nitrogens with one attached hydrogen (secondary N) is 1. The number of aliphatic hydroxyl groups excluding tert-OH is 1. The zero-order chi connectivity index (χ0) is 16.8. The molecule has 5 heteroatoms. The van der Waals surface area contributed by atoms with E-state index in [9.17, 15) is 5.11 Å². The number of aromatic amines is 1. The van der Waals surface area contributed by atoms with Gasteiger partial charge in [0.05, 0.1) is 5.69 Å². The molecule has 1 saturated heterocycles. The van der Waals surface area contributed by atoms with Crippen LogP contribution >= 0.6 is 0 Å². The molecule has 0 amide bonds. The highest BCUT2D eigenvalue weighted by molar-refractivity contribution is 5.15. The van der Waals surface area contributed by atoms with Gasteiger partial charge in [-0.1, -0.05) is 30.3 Å². The van der Waals surface area contributed by atoms with Gasteiger partial charge in [-0.15, -0.1) is 0 Å². The standard InChI is InChI=1S/C19H28N4O/c1-16-13-18(21-20-16)14-22-10-11-23(19(15-22)8-12-24)9-7-17-5-3-2-4-6-17/h2-6,13,19,24H,7-12,14-15H2,1H3,(H,20,21). The summed E-state index contributed by atoms with van der Waals surface area (Å²) >= 11 is 0. The first-order valence-electron chi connectivity index (χ1n) is 8.86. The van der Waals surface area contributed by atoms with Crippen LogP contribution in [-0.2, 0) is 13.0 Å². The van der Waals surface area contributed by atoms with Gasteiger partial charge in [0.25, 0.3) is 0 Å². The zero-order valence-corrected chi connectivity index (χ0v) is 14.5. The number of aryl methyl sites for hydroxylation is 1. The maximum Gasteiger partial charge on any atom is 0.0765 e. The summed E-state index contributed by atoms with van der Waals surface area (Å²) in [6.45, 7) is 7.35. The molecule has 2 heterocycles. The Kier molecular flexibility index (Phi) is 6.01. The molecule has 1 aromatic heterocycles. The second-order valence-electron chi connectivity index (χ2n) is 6.72. The van der Waals surface area contributed by atoms with E-state index in [-0.39, 0.29) is 6.61 Å². The summed E-state index contributed by atoms with van der Waals surface area (Å²) < 4.78 is 0. The van der Waals surface area contributed by atoms with Crippen molar-refractivity contribution in [3.05, 3.63) is 53.3 Å². The molecule has 2 aromatic rings. The van der Waals surface area contributed by atoms with E-state index >= 15 is 0 Å². The Balaban J connectivity index is 1.54. The first-order chi connectivity index (χ1) is 11.7. The molecule has 0 aliphatic carbocycles. The Bertz CT molecular complexity index is 613. The van der Waals surface area contributed by atoms with Crippen LogP contribution in [0.3, 0.4) is 0 Å². The van der Waals surface area contributed by atoms with E-state index in [0.29, 0.717) is 6.04 Å². The van der Waals surface area contributed by atoms with Crippen LogP contribution in [0.5, 0.6) is 0 Å². The van der Waals surface area contributed by atoms with Gasteiger partial charge in [-0.3, -0.25) is 14.9 Å². The average molecular weight is 328 g/mol. The van der Waals surface area contributed by atoms with Gasteiger partial charge < -0.3 is 5.11 Å². The highest BCUT2D eigenvalue weighted by atomic mass is 16.3. The molecule has 130 valence electrons. The lowest BCUT2D eigenvalue weighted by atomic mass is 10.1. The van der Waals surface area contributed by atoms with Crippen LogP contribution in [0.2, 0.25) is 0 Å². The lowest BCUT2D eigenvalue weighted by Crippen LogP contribution is -2.53. The Morgan fingerprint density at radius 2 is 2.08 bits per heavy atom. The SMILES string of the molecule is Cc1cc(CN2CCN(CCc3ccccc3)C(CCO)C2)n[nH]1. The number of aromatic nitrogens is 2. The van der Waals surface area contributed by atoms with Crippen LogP contribution in [0.15, 0.2) is 36.4 Å². The first-order valence-corrected chi connectivity index (χ1v) is 8.86. The normalized spacial score (nSPS) is 19.7. The number of rotatable bonds is 7. The van der Waals surface area contributed by atoms with Gasteiger partial charge in [0.1, 0.15) is 0 Å². The predicted molar refractivity (Wildman–Crippen MR) is 95.8 cm³/mol. The highest BCUT2D eigenvalue weighted by Crippen LogP contribution is 2.16. The van der Waals surface area contributed by atoms with E-state index in [2.05, 4.69) is 56.4 Å². The molecule has 0 spiro atoms. The Morgan fingerprint density at radius 1 is 1.25 bits per heavy atom. The summed E-state index contributed by atoms with van der Waals surface area (Å²) in [5.74, 6) is 0. The minimum atomic E-state index is 0.252. The third-order valence-electron chi connectivity index (χ3n) is 4.83. The number of aliphatic hydroxyl groups is 1. The van der Waals surface area contributed by atoms with E-state index in [4.69, 9.17) is 0 Å². The van der Waals surface area contributed by atoms with Crippen molar-refractivity contribution in [1.29, 1.82) is 0 Å². The number of H-pyrrole nitrogens is 1. The molecule has 0 saturated carbocycles. The second kappa shape index (κ2) is 8.42. The van der Waals surface area contributed by atoms with Crippen molar-refractivity contribution in [2.45, 2.75) is 32.4 Å². The number of piperazine rings is 1. The van der Waals surface area contributed by atoms with Crippen LogP contribution in [0.1, 0.15) is 23.4 Å². The van der Waals surface area contributed by atoms with E-state index < -0.39 is 0 Å². The summed E-state index contributed by atoms with van der Waals surface area (Å²) in [4.78, 5) is 4.99. The third kappa shape index (κ3) is 4.66. The van der Waals surface area contributed by atoms with Gasteiger partial charge >= 0.3 is 0 Å². The second-order valence-corrected chi connectivity index (χ2v) is 6.72. The highest BCUT2D eigenvalue weighted by Gasteiger charge is 2.26. The fourth-order valence-electron chi connectivity index (χ4n) is 3.52. The molecule has 0 radical (unpaired) electrons. The van der Waals surface area contributed by atoms with E-state index in [1.54, 1.807) is 0 Å². The van der Waals surface area contributed by atoms with Crippen molar-refractivity contribution in [2.24, 2.45) is 0 Å². The van der Waals surface area contributed by atoms with Gasteiger partial charge in [-0.2, -0.15) is 5.10 Å². The summed E-state index contributed by atoms with van der Waals surface area (Å²) in [6, 6.07) is 13.2. The number of hydrogen-bond acceptors (Lipinski definition) is 4. The van der Waals surface area contributed by atoms with E-state index in [1.165, 1.54) is 5.56 Å². The molecule has 24 heavy (non-hydrogen) atoms. The molecule has 1 aromatic carbocycles. The van der Waals surface area contributed by atoms with Crippen molar-refractivity contribution in [1.82, 2.24) is 20.0 Å². The number of hydrogen-bond donors (Lipinski definition) is 2.